The Labute approximate surface area is 150 Å². The summed E-state index contributed by atoms with van der Waals surface area (Å²) in [5, 5.41) is 11.8. The highest BCUT2D eigenvalue weighted by atomic mass is 16.1. The monoisotopic (exact) mass is 340 g/mol. The van der Waals surface area contributed by atoms with Crippen molar-refractivity contribution in [1.29, 1.82) is 5.26 Å². The second kappa shape index (κ2) is 8.87. The summed E-state index contributed by atoms with van der Waals surface area (Å²) in [5.74, 6) is 0.126. The number of hydrogen-bond donors (Lipinski definition) is 1. The molecule has 134 valence electrons. The quantitative estimate of drug-likeness (QED) is 0.894. The third-order valence-corrected chi connectivity index (χ3v) is 5.27. The Balaban J connectivity index is 1.52. The number of benzene rings is 1. The average Bonchev–Trinajstić information content (AvgIpc) is 2.68. The molecular formula is C20H28N4O. The molecule has 2 heterocycles. The van der Waals surface area contributed by atoms with E-state index in [-0.39, 0.29) is 11.8 Å². The van der Waals surface area contributed by atoms with E-state index in [2.05, 4.69) is 33.3 Å². The Hall–Kier alpha value is -2.06. The third-order valence-electron chi connectivity index (χ3n) is 5.27. The van der Waals surface area contributed by atoms with Gasteiger partial charge in [-0.25, -0.2) is 0 Å². The molecule has 2 aliphatic rings. The van der Waals surface area contributed by atoms with E-state index in [0.29, 0.717) is 6.42 Å². The number of piperidine rings is 2. The Morgan fingerprint density at radius 1 is 1.12 bits per heavy atom. The number of likely N-dealkylation sites (tertiary alicyclic amines) is 1. The Morgan fingerprint density at radius 2 is 1.88 bits per heavy atom. The van der Waals surface area contributed by atoms with Crippen LogP contribution in [0.1, 0.15) is 38.5 Å². The summed E-state index contributed by atoms with van der Waals surface area (Å²) in [6, 6.07) is 10.4. The fourth-order valence-electron chi connectivity index (χ4n) is 3.83. The first-order valence-electron chi connectivity index (χ1n) is 9.51. The largest absolute Gasteiger partial charge is 0.372 e. The van der Waals surface area contributed by atoms with Crippen molar-refractivity contribution in [3.63, 3.8) is 0 Å². The highest BCUT2D eigenvalue weighted by molar-refractivity contribution is 5.92. The molecule has 3 rings (SSSR count). The maximum Gasteiger partial charge on any atom is 0.228 e. The molecule has 0 aromatic heterocycles. The van der Waals surface area contributed by atoms with Crippen LogP contribution in [0.15, 0.2) is 24.3 Å². The first kappa shape index (κ1) is 17.8. The van der Waals surface area contributed by atoms with Gasteiger partial charge in [-0.3, -0.25) is 4.79 Å². The van der Waals surface area contributed by atoms with Gasteiger partial charge < -0.3 is 15.1 Å². The summed E-state index contributed by atoms with van der Waals surface area (Å²) >= 11 is 0. The maximum atomic E-state index is 12.6. The van der Waals surface area contributed by atoms with E-state index >= 15 is 0 Å². The van der Waals surface area contributed by atoms with Crippen molar-refractivity contribution in [3.8, 4) is 6.07 Å². The molecule has 5 heteroatoms. The van der Waals surface area contributed by atoms with Gasteiger partial charge in [-0.2, -0.15) is 5.26 Å². The number of nitrogens with zero attached hydrogens (tertiary/aromatic N) is 3. The second-order valence-electron chi connectivity index (χ2n) is 7.13. The molecule has 2 saturated heterocycles. The summed E-state index contributed by atoms with van der Waals surface area (Å²) in [5.41, 5.74) is 2.12. The molecule has 0 radical (unpaired) electrons. The van der Waals surface area contributed by atoms with Crippen molar-refractivity contribution in [1.82, 2.24) is 4.90 Å². The van der Waals surface area contributed by atoms with Crippen molar-refractivity contribution < 1.29 is 4.79 Å². The van der Waals surface area contributed by atoms with Crippen LogP contribution in [0.3, 0.4) is 0 Å². The summed E-state index contributed by atoms with van der Waals surface area (Å²) in [6.07, 6.45) is 6.35. The zero-order valence-electron chi connectivity index (χ0n) is 14.9. The zero-order chi connectivity index (χ0) is 17.5. The van der Waals surface area contributed by atoms with E-state index < -0.39 is 0 Å². The first-order chi connectivity index (χ1) is 12.3. The fourth-order valence-corrected chi connectivity index (χ4v) is 3.83. The molecule has 2 aliphatic heterocycles. The van der Waals surface area contributed by atoms with Crippen LogP contribution in [0.25, 0.3) is 0 Å². The molecular weight excluding hydrogens is 312 g/mol. The van der Waals surface area contributed by atoms with Crippen LogP contribution in [0.2, 0.25) is 0 Å². The van der Waals surface area contributed by atoms with Crippen LogP contribution in [0.4, 0.5) is 11.4 Å². The lowest BCUT2D eigenvalue weighted by Gasteiger charge is -2.31. The highest BCUT2D eigenvalue weighted by Crippen LogP contribution is 2.23. The Bertz CT molecular complexity index is 601. The number of nitrogens with one attached hydrogen (secondary N) is 1. The van der Waals surface area contributed by atoms with Gasteiger partial charge in [-0.1, -0.05) is 0 Å². The number of carbonyl (C=O) groups excluding carboxylic acids is 1. The molecule has 0 aliphatic carbocycles. The maximum absolute atomic E-state index is 12.6. The minimum atomic E-state index is 0.0224. The van der Waals surface area contributed by atoms with Gasteiger partial charge in [0.1, 0.15) is 0 Å². The smallest absolute Gasteiger partial charge is 0.228 e. The number of anilines is 2. The summed E-state index contributed by atoms with van der Waals surface area (Å²) in [4.78, 5) is 17.2. The second-order valence-corrected chi connectivity index (χ2v) is 7.13. The topological polar surface area (TPSA) is 59.4 Å². The Kier molecular flexibility index (Phi) is 6.30. The minimum Gasteiger partial charge on any atom is -0.372 e. The molecule has 1 amide bonds. The van der Waals surface area contributed by atoms with Crippen molar-refractivity contribution in [2.45, 2.75) is 38.5 Å². The molecule has 25 heavy (non-hydrogen) atoms. The van der Waals surface area contributed by atoms with Crippen molar-refractivity contribution >= 4 is 17.3 Å². The highest BCUT2D eigenvalue weighted by Gasteiger charge is 2.25. The molecule has 1 N–H and O–H groups in total. The van der Waals surface area contributed by atoms with E-state index in [1.165, 1.54) is 24.9 Å². The van der Waals surface area contributed by atoms with Crippen LogP contribution in [-0.4, -0.2) is 43.5 Å². The molecule has 1 aromatic rings. The molecule has 0 spiro atoms. The predicted molar refractivity (Wildman–Crippen MR) is 101 cm³/mol. The molecule has 1 aromatic carbocycles. The van der Waals surface area contributed by atoms with Gasteiger partial charge in [0.2, 0.25) is 5.91 Å². The minimum absolute atomic E-state index is 0.0224. The summed E-state index contributed by atoms with van der Waals surface area (Å²) in [7, 11) is 0. The molecule has 0 saturated carbocycles. The molecule has 0 bridgehead atoms. The SMILES string of the molecule is N#CCCN1CCCC(C(=O)Nc2ccc(N3CCCCC3)cc2)C1. The third kappa shape index (κ3) is 4.96. The van der Waals surface area contributed by atoms with E-state index in [1.54, 1.807) is 0 Å². The number of carbonyl (C=O) groups is 1. The van der Waals surface area contributed by atoms with Crippen LogP contribution in [0, 0.1) is 17.2 Å². The molecule has 1 unspecified atom stereocenters. The van der Waals surface area contributed by atoms with Crippen molar-refractivity contribution in [2.24, 2.45) is 5.92 Å². The fraction of sp³-hybridized carbons (Fsp3) is 0.600. The van der Waals surface area contributed by atoms with Crippen LogP contribution in [0.5, 0.6) is 0 Å². The zero-order valence-corrected chi connectivity index (χ0v) is 14.9. The van der Waals surface area contributed by atoms with Gasteiger partial charge in [0.15, 0.2) is 0 Å². The number of amides is 1. The summed E-state index contributed by atoms with van der Waals surface area (Å²) < 4.78 is 0. The van der Waals surface area contributed by atoms with Crippen molar-refractivity contribution in [2.75, 3.05) is 42.9 Å². The molecule has 2 fully saturated rings. The van der Waals surface area contributed by atoms with Gasteiger partial charge in [-0.05, 0) is 62.9 Å². The normalized spacial score (nSPS) is 21.6. The summed E-state index contributed by atoms with van der Waals surface area (Å²) in [6.45, 7) is 4.79. The number of rotatable bonds is 5. The van der Waals surface area contributed by atoms with E-state index in [1.807, 2.05) is 12.1 Å². The standard InChI is InChI=1S/C20H28N4O/c21-11-5-13-23-12-4-6-17(16-23)20(25)22-18-7-9-19(10-8-18)24-14-2-1-3-15-24/h7-10,17H,1-6,12-16H2,(H,22,25). The van der Waals surface area contributed by atoms with Gasteiger partial charge in [0.05, 0.1) is 12.0 Å². The van der Waals surface area contributed by atoms with E-state index in [9.17, 15) is 4.79 Å². The molecule has 1 atom stereocenters. The van der Waals surface area contributed by atoms with Crippen molar-refractivity contribution in [3.05, 3.63) is 24.3 Å². The van der Waals surface area contributed by atoms with Gasteiger partial charge >= 0.3 is 0 Å². The van der Waals surface area contributed by atoms with Crippen LogP contribution in [-0.2, 0) is 4.79 Å². The number of nitriles is 1. The predicted octanol–water partition coefficient (Wildman–Crippen LogP) is 3.24. The molecule has 5 nitrogen and oxygen atoms in total. The van der Waals surface area contributed by atoms with Gasteiger partial charge in [0, 0.05) is 44.0 Å². The number of hydrogen-bond acceptors (Lipinski definition) is 4. The lowest BCUT2D eigenvalue weighted by molar-refractivity contribution is -0.121. The van der Waals surface area contributed by atoms with E-state index in [0.717, 1.165) is 51.3 Å². The van der Waals surface area contributed by atoms with Gasteiger partial charge in [-0.15, -0.1) is 0 Å². The van der Waals surface area contributed by atoms with E-state index in [4.69, 9.17) is 5.26 Å². The Morgan fingerprint density at radius 3 is 2.60 bits per heavy atom. The lowest BCUT2D eigenvalue weighted by Crippen LogP contribution is -2.41. The van der Waals surface area contributed by atoms with Crippen LogP contribution >= 0.6 is 0 Å². The first-order valence-corrected chi connectivity index (χ1v) is 9.51. The lowest BCUT2D eigenvalue weighted by atomic mass is 9.97. The van der Waals surface area contributed by atoms with Crippen LogP contribution < -0.4 is 10.2 Å². The average molecular weight is 340 g/mol. The van der Waals surface area contributed by atoms with Gasteiger partial charge in [0.25, 0.3) is 0 Å².